The first-order valence-electron chi connectivity index (χ1n) is 7.26. The molecule has 22 heavy (non-hydrogen) atoms. The number of hydrogen-bond donors (Lipinski definition) is 1. The van der Waals surface area contributed by atoms with E-state index in [9.17, 15) is 8.42 Å². The van der Waals surface area contributed by atoms with Gasteiger partial charge in [-0.2, -0.15) is 0 Å². The van der Waals surface area contributed by atoms with Crippen molar-refractivity contribution >= 4 is 26.6 Å². The van der Waals surface area contributed by atoms with Crippen molar-refractivity contribution < 1.29 is 8.42 Å². The summed E-state index contributed by atoms with van der Waals surface area (Å²) in [5.41, 5.74) is 2.73. The minimum atomic E-state index is -3.26. The molecular weight excluding hydrogens is 296 g/mol. The average Bonchev–Trinajstić information content (AvgIpc) is 2.90. The summed E-state index contributed by atoms with van der Waals surface area (Å²) in [6.07, 6.45) is 2.59. The van der Waals surface area contributed by atoms with Crippen LogP contribution in [-0.4, -0.2) is 18.7 Å². The van der Waals surface area contributed by atoms with E-state index in [1.165, 1.54) is 0 Å². The standard InChI is InChI=1S/C17H18N2O2S/c1-2-12-22(20,21)18-15-8-9-17-14(13-15)10-11-19(17)16-6-4-3-5-7-16/h3-11,13,18H,2,12H2,1H3. The zero-order valence-corrected chi connectivity index (χ0v) is 13.2. The van der Waals surface area contributed by atoms with Gasteiger partial charge in [0, 0.05) is 23.0 Å². The van der Waals surface area contributed by atoms with Crippen molar-refractivity contribution in [3.05, 3.63) is 60.8 Å². The van der Waals surface area contributed by atoms with Gasteiger partial charge in [0.1, 0.15) is 0 Å². The Kier molecular flexibility index (Phi) is 3.90. The van der Waals surface area contributed by atoms with Gasteiger partial charge in [-0.3, -0.25) is 4.72 Å². The highest BCUT2D eigenvalue weighted by Gasteiger charge is 2.10. The topological polar surface area (TPSA) is 51.1 Å². The van der Waals surface area contributed by atoms with Crippen LogP contribution in [0.25, 0.3) is 16.6 Å². The molecule has 0 atom stereocenters. The number of sulfonamides is 1. The third kappa shape index (κ3) is 2.99. The van der Waals surface area contributed by atoms with Crippen LogP contribution >= 0.6 is 0 Å². The fourth-order valence-electron chi connectivity index (χ4n) is 2.52. The number of hydrogen-bond acceptors (Lipinski definition) is 2. The Morgan fingerprint density at radius 3 is 2.55 bits per heavy atom. The first-order valence-corrected chi connectivity index (χ1v) is 8.91. The van der Waals surface area contributed by atoms with Crippen LogP contribution in [0.2, 0.25) is 0 Å². The van der Waals surface area contributed by atoms with Crippen molar-refractivity contribution in [1.82, 2.24) is 4.57 Å². The summed E-state index contributed by atoms with van der Waals surface area (Å²) in [4.78, 5) is 0. The number of aromatic nitrogens is 1. The molecule has 1 N–H and O–H groups in total. The van der Waals surface area contributed by atoms with Gasteiger partial charge >= 0.3 is 0 Å². The van der Waals surface area contributed by atoms with E-state index in [1.54, 1.807) is 6.07 Å². The maximum atomic E-state index is 11.8. The summed E-state index contributed by atoms with van der Waals surface area (Å²) in [5, 5.41) is 1.00. The molecule has 0 aliphatic rings. The van der Waals surface area contributed by atoms with Crippen LogP contribution in [0.4, 0.5) is 5.69 Å². The van der Waals surface area contributed by atoms with E-state index in [2.05, 4.69) is 9.29 Å². The predicted molar refractivity (Wildman–Crippen MR) is 91.0 cm³/mol. The van der Waals surface area contributed by atoms with E-state index in [1.807, 2.05) is 61.7 Å². The van der Waals surface area contributed by atoms with Gasteiger partial charge < -0.3 is 4.57 Å². The molecule has 0 saturated heterocycles. The van der Waals surface area contributed by atoms with Crippen LogP contribution in [0.5, 0.6) is 0 Å². The Labute approximate surface area is 130 Å². The van der Waals surface area contributed by atoms with Crippen LogP contribution in [0.3, 0.4) is 0 Å². The zero-order chi connectivity index (χ0) is 15.6. The highest BCUT2D eigenvalue weighted by molar-refractivity contribution is 7.92. The van der Waals surface area contributed by atoms with Gasteiger partial charge in [0.25, 0.3) is 0 Å². The lowest BCUT2D eigenvalue weighted by molar-refractivity contribution is 0.600. The Bertz CT molecular complexity index is 883. The highest BCUT2D eigenvalue weighted by Crippen LogP contribution is 2.24. The molecule has 5 heteroatoms. The van der Waals surface area contributed by atoms with Crippen molar-refractivity contribution in [3.8, 4) is 5.69 Å². The van der Waals surface area contributed by atoms with E-state index in [0.717, 1.165) is 16.6 Å². The Morgan fingerprint density at radius 1 is 1.05 bits per heavy atom. The SMILES string of the molecule is CCCS(=O)(=O)Nc1ccc2c(ccn2-c2ccccc2)c1. The third-order valence-corrected chi connectivity index (χ3v) is 4.96. The number of benzene rings is 2. The van der Waals surface area contributed by atoms with Crippen molar-refractivity contribution in [3.63, 3.8) is 0 Å². The molecule has 0 bridgehead atoms. The van der Waals surface area contributed by atoms with Crippen LogP contribution in [0.15, 0.2) is 60.8 Å². The fraction of sp³-hybridized carbons (Fsp3) is 0.176. The number of nitrogens with one attached hydrogen (secondary N) is 1. The number of fused-ring (bicyclic) bond motifs is 1. The summed E-state index contributed by atoms with van der Waals surface area (Å²) < 4.78 is 28.4. The van der Waals surface area contributed by atoms with E-state index < -0.39 is 10.0 Å². The van der Waals surface area contributed by atoms with Gasteiger partial charge in [-0.25, -0.2) is 8.42 Å². The second-order valence-corrected chi connectivity index (χ2v) is 7.06. The van der Waals surface area contributed by atoms with Crippen LogP contribution in [0.1, 0.15) is 13.3 Å². The number of nitrogens with zero attached hydrogens (tertiary/aromatic N) is 1. The molecule has 1 aromatic heterocycles. The van der Waals surface area contributed by atoms with Crippen molar-refractivity contribution in [2.75, 3.05) is 10.5 Å². The number of rotatable bonds is 5. The van der Waals surface area contributed by atoms with Gasteiger partial charge in [0.05, 0.1) is 11.3 Å². The Hall–Kier alpha value is -2.27. The average molecular weight is 314 g/mol. The van der Waals surface area contributed by atoms with E-state index in [0.29, 0.717) is 12.1 Å². The van der Waals surface area contributed by atoms with Crippen LogP contribution in [-0.2, 0) is 10.0 Å². The summed E-state index contributed by atoms with van der Waals surface area (Å²) in [7, 11) is -3.26. The first-order chi connectivity index (χ1) is 10.6. The minimum absolute atomic E-state index is 0.135. The fourth-order valence-corrected chi connectivity index (χ4v) is 3.64. The smallest absolute Gasteiger partial charge is 0.232 e. The van der Waals surface area contributed by atoms with E-state index >= 15 is 0 Å². The maximum absolute atomic E-state index is 11.8. The molecule has 0 spiro atoms. The molecular formula is C17H18N2O2S. The molecule has 1 heterocycles. The van der Waals surface area contributed by atoms with Crippen LogP contribution < -0.4 is 4.72 Å². The minimum Gasteiger partial charge on any atom is -0.317 e. The Balaban J connectivity index is 1.96. The molecule has 0 radical (unpaired) electrons. The molecule has 3 rings (SSSR count). The zero-order valence-electron chi connectivity index (χ0n) is 12.4. The van der Waals surface area contributed by atoms with Crippen molar-refractivity contribution in [2.45, 2.75) is 13.3 Å². The maximum Gasteiger partial charge on any atom is 0.232 e. The summed E-state index contributed by atoms with van der Waals surface area (Å²) in [5.74, 6) is 0.135. The monoisotopic (exact) mass is 314 g/mol. The quantitative estimate of drug-likeness (QED) is 0.779. The molecule has 0 aliphatic carbocycles. The summed E-state index contributed by atoms with van der Waals surface area (Å²) in [6, 6.07) is 17.6. The molecule has 2 aromatic carbocycles. The van der Waals surface area contributed by atoms with Gasteiger partial charge in [0.15, 0.2) is 0 Å². The predicted octanol–water partition coefficient (Wildman–Crippen LogP) is 3.78. The lowest BCUT2D eigenvalue weighted by Gasteiger charge is -2.08. The van der Waals surface area contributed by atoms with Crippen LogP contribution in [0, 0.1) is 0 Å². The lowest BCUT2D eigenvalue weighted by Crippen LogP contribution is -2.15. The Morgan fingerprint density at radius 2 is 1.82 bits per heavy atom. The molecule has 0 fully saturated rings. The van der Waals surface area contributed by atoms with Gasteiger partial charge in [-0.15, -0.1) is 0 Å². The molecule has 0 amide bonds. The van der Waals surface area contributed by atoms with Gasteiger partial charge in [0.2, 0.25) is 10.0 Å². The number of para-hydroxylation sites is 1. The van der Waals surface area contributed by atoms with Gasteiger partial charge in [-0.05, 0) is 42.8 Å². The van der Waals surface area contributed by atoms with Crippen molar-refractivity contribution in [1.29, 1.82) is 0 Å². The molecule has 3 aromatic rings. The van der Waals surface area contributed by atoms with E-state index in [-0.39, 0.29) is 5.75 Å². The second kappa shape index (κ2) is 5.85. The molecule has 0 saturated carbocycles. The second-order valence-electron chi connectivity index (χ2n) is 5.22. The molecule has 0 aliphatic heterocycles. The third-order valence-electron chi connectivity index (χ3n) is 3.47. The normalized spacial score (nSPS) is 11.7. The summed E-state index contributed by atoms with van der Waals surface area (Å²) >= 11 is 0. The first kappa shape index (κ1) is 14.7. The van der Waals surface area contributed by atoms with Gasteiger partial charge in [-0.1, -0.05) is 25.1 Å². The largest absolute Gasteiger partial charge is 0.317 e. The highest BCUT2D eigenvalue weighted by atomic mass is 32.2. The summed E-state index contributed by atoms with van der Waals surface area (Å²) in [6.45, 7) is 1.85. The molecule has 4 nitrogen and oxygen atoms in total. The van der Waals surface area contributed by atoms with E-state index in [4.69, 9.17) is 0 Å². The number of anilines is 1. The molecule has 0 unspecified atom stereocenters. The van der Waals surface area contributed by atoms with Crippen molar-refractivity contribution in [2.24, 2.45) is 0 Å². The lowest BCUT2D eigenvalue weighted by atomic mass is 10.2. The molecule has 114 valence electrons.